The molecule has 1 unspecified atom stereocenters. The molecule has 1 aliphatic rings. The van der Waals surface area contributed by atoms with Crippen LogP contribution in [0.2, 0.25) is 0 Å². The molecule has 2 amide bonds. The molecule has 0 aliphatic carbocycles. The molecule has 2 aromatic carbocycles. The molecule has 1 aliphatic heterocycles. The number of benzene rings is 2. The summed E-state index contributed by atoms with van der Waals surface area (Å²) in [5.41, 5.74) is 2.49. The topological polar surface area (TPSA) is 49.4 Å². The number of amides is 2. The minimum atomic E-state index is -4.49. The molecule has 0 fully saturated rings. The summed E-state index contributed by atoms with van der Waals surface area (Å²) in [6.07, 6.45) is -3.81. The lowest BCUT2D eigenvalue weighted by Crippen LogP contribution is -2.40. The number of nitrogens with one attached hydrogen (secondary N) is 1. The predicted octanol–water partition coefficient (Wildman–Crippen LogP) is 5.65. The summed E-state index contributed by atoms with van der Waals surface area (Å²) in [6, 6.07) is 15.0. The summed E-state index contributed by atoms with van der Waals surface area (Å²) >= 11 is 1.69. The Morgan fingerprint density at radius 1 is 1.03 bits per heavy atom. The fraction of sp³-hybridized carbons (Fsp3) is 0.308. The van der Waals surface area contributed by atoms with Gasteiger partial charge in [-0.25, -0.2) is 0 Å². The molecule has 1 atom stereocenters. The van der Waals surface area contributed by atoms with Crippen LogP contribution < -0.4 is 5.32 Å². The number of alkyl halides is 3. The molecule has 2 heterocycles. The second-order valence-electron chi connectivity index (χ2n) is 8.33. The molecule has 0 radical (unpaired) electrons. The number of hydrogen-bond acceptors (Lipinski definition) is 3. The third kappa shape index (κ3) is 5.17. The van der Waals surface area contributed by atoms with Crippen LogP contribution in [0.3, 0.4) is 0 Å². The number of halogens is 3. The summed E-state index contributed by atoms with van der Waals surface area (Å²) in [5.74, 6) is -0.595. The lowest BCUT2D eigenvalue weighted by Gasteiger charge is -2.37. The van der Waals surface area contributed by atoms with Gasteiger partial charge in [0.25, 0.3) is 0 Å². The number of fused-ring (bicyclic) bond motifs is 1. The van der Waals surface area contributed by atoms with Crippen LogP contribution in [0.15, 0.2) is 60.0 Å². The van der Waals surface area contributed by atoms with Crippen molar-refractivity contribution in [3.05, 3.63) is 92.7 Å². The maximum Gasteiger partial charge on any atom is 0.416 e. The van der Waals surface area contributed by atoms with Gasteiger partial charge in [-0.3, -0.25) is 9.59 Å². The average molecular weight is 487 g/mol. The first-order valence-electron chi connectivity index (χ1n) is 11.1. The fourth-order valence-electron chi connectivity index (χ4n) is 4.41. The van der Waals surface area contributed by atoms with Gasteiger partial charge in [-0.15, -0.1) is 11.3 Å². The third-order valence-corrected chi connectivity index (χ3v) is 7.13. The van der Waals surface area contributed by atoms with Crippen molar-refractivity contribution in [1.29, 1.82) is 0 Å². The first-order valence-corrected chi connectivity index (χ1v) is 12.0. The van der Waals surface area contributed by atoms with Crippen molar-refractivity contribution >= 4 is 23.2 Å². The van der Waals surface area contributed by atoms with E-state index in [4.69, 9.17) is 0 Å². The summed E-state index contributed by atoms with van der Waals surface area (Å²) < 4.78 is 39.5. The summed E-state index contributed by atoms with van der Waals surface area (Å²) in [5, 5.41) is 4.56. The largest absolute Gasteiger partial charge is 0.416 e. The van der Waals surface area contributed by atoms with Gasteiger partial charge in [-0.05, 0) is 53.1 Å². The van der Waals surface area contributed by atoms with Crippen molar-refractivity contribution in [2.24, 2.45) is 0 Å². The highest BCUT2D eigenvalue weighted by molar-refractivity contribution is 7.10. The Balaban J connectivity index is 1.42. The Kier molecular flexibility index (Phi) is 7.07. The predicted molar refractivity (Wildman–Crippen MR) is 125 cm³/mol. The van der Waals surface area contributed by atoms with Crippen LogP contribution in [-0.2, 0) is 28.7 Å². The van der Waals surface area contributed by atoms with Gasteiger partial charge in [0.15, 0.2) is 0 Å². The van der Waals surface area contributed by atoms with Gasteiger partial charge in [0.1, 0.15) is 0 Å². The van der Waals surface area contributed by atoms with E-state index in [9.17, 15) is 22.8 Å². The first-order chi connectivity index (χ1) is 16.3. The van der Waals surface area contributed by atoms with Crippen LogP contribution >= 0.6 is 11.3 Å². The van der Waals surface area contributed by atoms with Gasteiger partial charge in [0.05, 0.1) is 11.6 Å². The zero-order valence-corrected chi connectivity index (χ0v) is 19.5. The highest BCUT2D eigenvalue weighted by atomic mass is 32.1. The summed E-state index contributed by atoms with van der Waals surface area (Å²) in [7, 11) is 0. The molecular weight excluding hydrogens is 461 g/mol. The molecular formula is C26H25F3N2O2S. The third-order valence-electron chi connectivity index (χ3n) is 6.13. The van der Waals surface area contributed by atoms with E-state index in [0.717, 1.165) is 29.2 Å². The van der Waals surface area contributed by atoms with E-state index < -0.39 is 17.6 Å². The summed E-state index contributed by atoms with van der Waals surface area (Å²) in [6.45, 7) is 2.34. The number of aryl methyl sites for hydroxylation is 1. The van der Waals surface area contributed by atoms with Gasteiger partial charge in [-0.1, -0.05) is 42.5 Å². The normalized spacial score (nSPS) is 15.6. The second-order valence-corrected chi connectivity index (χ2v) is 9.33. The maximum absolute atomic E-state index is 13.2. The van der Waals surface area contributed by atoms with E-state index in [-0.39, 0.29) is 36.9 Å². The standard InChI is InChI=1S/C26H25F3N2O2S/c1-17-6-2-4-8-19(17)25-20-13-15-34-22(20)12-14-31(25)24(33)11-10-23(32)30-16-18-7-3-5-9-21(18)26(27,28)29/h2-9,13,15,25H,10-12,14,16H2,1H3,(H,30,32). The van der Waals surface area contributed by atoms with E-state index >= 15 is 0 Å². The zero-order chi connectivity index (χ0) is 24.3. The highest BCUT2D eigenvalue weighted by Crippen LogP contribution is 2.39. The smallest absolute Gasteiger partial charge is 0.352 e. The monoisotopic (exact) mass is 486 g/mol. The molecule has 4 rings (SSSR count). The number of rotatable bonds is 6. The maximum atomic E-state index is 13.2. The quantitative estimate of drug-likeness (QED) is 0.490. The zero-order valence-electron chi connectivity index (χ0n) is 18.7. The minimum Gasteiger partial charge on any atom is -0.352 e. The van der Waals surface area contributed by atoms with Crippen molar-refractivity contribution in [2.75, 3.05) is 6.54 Å². The fourth-order valence-corrected chi connectivity index (χ4v) is 5.32. The average Bonchev–Trinajstić information content (AvgIpc) is 3.29. The van der Waals surface area contributed by atoms with E-state index in [1.807, 2.05) is 41.5 Å². The van der Waals surface area contributed by atoms with Crippen LogP contribution in [0.25, 0.3) is 0 Å². The van der Waals surface area contributed by atoms with Crippen molar-refractivity contribution in [1.82, 2.24) is 10.2 Å². The van der Waals surface area contributed by atoms with Crippen LogP contribution in [0.5, 0.6) is 0 Å². The number of carbonyl (C=O) groups is 2. The van der Waals surface area contributed by atoms with E-state index in [1.54, 1.807) is 11.3 Å². The van der Waals surface area contributed by atoms with Crippen LogP contribution in [0.1, 0.15) is 51.6 Å². The molecule has 34 heavy (non-hydrogen) atoms. The summed E-state index contributed by atoms with van der Waals surface area (Å²) in [4.78, 5) is 28.6. The van der Waals surface area contributed by atoms with Crippen LogP contribution in [0.4, 0.5) is 13.2 Å². The highest BCUT2D eigenvalue weighted by Gasteiger charge is 2.34. The molecule has 8 heteroatoms. The Bertz CT molecular complexity index is 1190. The molecule has 0 bridgehead atoms. The molecule has 0 spiro atoms. The number of carbonyl (C=O) groups excluding carboxylic acids is 2. The molecule has 3 aromatic rings. The minimum absolute atomic E-state index is 0.00434. The number of hydrogen-bond donors (Lipinski definition) is 1. The van der Waals surface area contributed by atoms with E-state index in [1.165, 1.54) is 23.1 Å². The Hall–Kier alpha value is -3.13. The SMILES string of the molecule is Cc1ccccc1C1c2ccsc2CCN1C(=O)CCC(=O)NCc1ccccc1C(F)(F)F. The Labute approximate surface area is 200 Å². The van der Waals surface area contributed by atoms with Crippen molar-refractivity contribution < 1.29 is 22.8 Å². The van der Waals surface area contributed by atoms with Crippen molar-refractivity contribution in [3.63, 3.8) is 0 Å². The van der Waals surface area contributed by atoms with Crippen molar-refractivity contribution in [2.45, 2.75) is 44.9 Å². The molecule has 0 saturated heterocycles. The van der Waals surface area contributed by atoms with Gasteiger partial charge in [0.2, 0.25) is 11.8 Å². The lowest BCUT2D eigenvalue weighted by molar-refractivity contribution is -0.138. The number of thiophene rings is 1. The number of nitrogens with zero attached hydrogens (tertiary/aromatic N) is 1. The second kappa shape index (κ2) is 10.0. The first kappa shape index (κ1) is 24.0. The molecule has 178 valence electrons. The van der Waals surface area contributed by atoms with Crippen LogP contribution in [-0.4, -0.2) is 23.3 Å². The van der Waals surface area contributed by atoms with E-state index in [2.05, 4.69) is 11.4 Å². The lowest BCUT2D eigenvalue weighted by atomic mass is 9.90. The molecule has 4 nitrogen and oxygen atoms in total. The molecule has 1 N–H and O–H groups in total. The van der Waals surface area contributed by atoms with Gasteiger partial charge in [0, 0.05) is 30.8 Å². The van der Waals surface area contributed by atoms with Crippen LogP contribution in [0, 0.1) is 6.92 Å². The van der Waals surface area contributed by atoms with Gasteiger partial charge in [-0.2, -0.15) is 13.2 Å². The Morgan fingerprint density at radius 2 is 1.76 bits per heavy atom. The molecule has 0 saturated carbocycles. The van der Waals surface area contributed by atoms with Gasteiger partial charge < -0.3 is 10.2 Å². The Morgan fingerprint density at radius 3 is 2.53 bits per heavy atom. The van der Waals surface area contributed by atoms with Gasteiger partial charge >= 0.3 is 6.18 Å². The van der Waals surface area contributed by atoms with Crippen molar-refractivity contribution in [3.8, 4) is 0 Å². The molecule has 1 aromatic heterocycles. The van der Waals surface area contributed by atoms with E-state index in [0.29, 0.717) is 6.54 Å².